The lowest BCUT2D eigenvalue weighted by Crippen LogP contribution is -2.13. The lowest BCUT2D eigenvalue weighted by molar-refractivity contribution is 0.174. The third-order valence-corrected chi connectivity index (χ3v) is 5.82. The second-order valence-corrected chi connectivity index (χ2v) is 8.22. The minimum atomic E-state index is -3.69. The Morgan fingerprint density at radius 1 is 0.815 bits per heavy atom. The highest BCUT2D eigenvalue weighted by atomic mass is 32.2. The number of hydrogen-bond acceptors (Lipinski definition) is 4. The van der Waals surface area contributed by atoms with Gasteiger partial charge in [-0.2, -0.15) is 0 Å². The maximum absolute atomic E-state index is 12.8. The first-order valence-corrected chi connectivity index (χ1v) is 10.0. The topological polar surface area (TPSA) is 64.6 Å². The van der Waals surface area contributed by atoms with Crippen molar-refractivity contribution in [2.75, 3.05) is 11.5 Å². The van der Waals surface area contributed by atoms with Crippen LogP contribution in [0.5, 0.6) is 11.5 Å². The van der Waals surface area contributed by atoms with Crippen molar-refractivity contribution in [3.8, 4) is 22.6 Å². The maximum atomic E-state index is 12.8. The number of nitrogens with one attached hydrogen (secondary N) is 1. The van der Waals surface area contributed by atoms with Crippen molar-refractivity contribution in [2.24, 2.45) is 0 Å². The maximum Gasteiger partial charge on any atom is 0.261 e. The van der Waals surface area contributed by atoms with E-state index in [0.717, 1.165) is 22.3 Å². The molecule has 0 radical (unpaired) electrons. The summed E-state index contributed by atoms with van der Waals surface area (Å²) in [4.78, 5) is 0.227. The van der Waals surface area contributed by atoms with Crippen molar-refractivity contribution in [3.63, 3.8) is 0 Å². The molecule has 0 bridgehead atoms. The molecule has 0 fully saturated rings. The molecule has 6 heteroatoms. The molecule has 138 valence electrons. The zero-order valence-electron chi connectivity index (χ0n) is 15.0. The molecular formula is C21H19NO4S. The number of sulfonamides is 1. The fourth-order valence-electron chi connectivity index (χ4n) is 2.97. The Balaban J connectivity index is 1.75. The zero-order chi connectivity index (χ0) is 19.0. The van der Waals surface area contributed by atoms with Crippen LogP contribution in [-0.2, 0) is 10.0 Å². The van der Waals surface area contributed by atoms with Gasteiger partial charge in [0.15, 0.2) is 11.5 Å². The molecule has 3 aromatic carbocycles. The molecule has 0 aromatic heterocycles. The summed E-state index contributed by atoms with van der Waals surface area (Å²) < 4.78 is 39.2. The minimum absolute atomic E-state index is 0.194. The molecule has 1 aliphatic rings. The largest absolute Gasteiger partial charge is 0.454 e. The molecule has 0 aliphatic carbocycles. The van der Waals surface area contributed by atoms with Crippen molar-refractivity contribution < 1.29 is 17.9 Å². The molecule has 1 heterocycles. The van der Waals surface area contributed by atoms with Gasteiger partial charge in [-0.1, -0.05) is 35.4 Å². The average molecular weight is 381 g/mol. The fraction of sp³-hybridized carbons (Fsp3) is 0.143. The summed E-state index contributed by atoms with van der Waals surface area (Å²) >= 11 is 0. The summed E-state index contributed by atoms with van der Waals surface area (Å²) in [6.45, 7) is 4.08. The van der Waals surface area contributed by atoms with Gasteiger partial charge in [-0.15, -0.1) is 0 Å². The molecule has 0 amide bonds. The van der Waals surface area contributed by atoms with Gasteiger partial charge in [0, 0.05) is 5.56 Å². The first-order chi connectivity index (χ1) is 12.9. The molecule has 0 unspecified atom stereocenters. The van der Waals surface area contributed by atoms with Gasteiger partial charge in [-0.3, -0.25) is 4.72 Å². The van der Waals surface area contributed by atoms with Gasteiger partial charge in [-0.25, -0.2) is 8.42 Å². The van der Waals surface area contributed by atoms with Crippen LogP contribution in [0.2, 0.25) is 0 Å². The molecule has 0 saturated heterocycles. The van der Waals surface area contributed by atoms with Crippen LogP contribution in [0.3, 0.4) is 0 Å². The summed E-state index contributed by atoms with van der Waals surface area (Å²) in [6, 6.07) is 18.0. The van der Waals surface area contributed by atoms with Gasteiger partial charge in [0.05, 0.1) is 10.6 Å². The molecule has 1 N–H and O–H groups in total. The first kappa shape index (κ1) is 17.4. The predicted octanol–water partition coefficient (Wildman–Crippen LogP) is 4.50. The van der Waals surface area contributed by atoms with Crippen LogP contribution in [0.1, 0.15) is 11.1 Å². The second-order valence-electron chi connectivity index (χ2n) is 6.54. The van der Waals surface area contributed by atoms with Gasteiger partial charge >= 0.3 is 0 Å². The number of aryl methyl sites for hydroxylation is 2. The monoisotopic (exact) mass is 381 g/mol. The first-order valence-electron chi connectivity index (χ1n) is 8.52. The third kappa shape index (κ3) is 3.48. The Labute approximate surface area is 158 Å². The molecule has 5 nitrogen and oxygen atoms in total. The molecule has 0 saturated carbocycles. The van der Waals surface area contributed by atoms with Crippen molar-refractivity contribution in [1.82, 2.24) is 0 Å². The number of benzene rings is 3. The highest BCUT2D eigenvalue weighted by Gasteiger charge is 2.19. The normalized spacial score (nSPS) is 12.8. The highest BCUT2D eigenvalue weighted by Crippen LogP contribution is 2.38. The molecule has 27 heavy (non-hydrogen) atoms. The van der Waals surface area contributed by atoms with Crippen LogP contribution in [0.4, 0.5) is 5.69 Å². The summed E-state index contributed by atoms with van der Waals surface area (Å²) in [6.07, 6.45) is 0. The molecule has 0 atom stereocenters. The summed E-state index contributed by atoms with van der Waals surface area (Å²) in [5.74, 6) is 1.34. The van der Waals surface area contributed by atoms with E-state index in [0.29, 0.717) is 17.2 Å². The molecule has 1 aliphatic heterocycles. The van der Waals surface area contributed by atoms with E-state index in [9.17, 15) is 8.42 Å². The Kier molecular flexibility index (Phi) is 4.28. The molecule has 4 rings (SSSR count). The fourth-order valence-corrected chi connectivity index (χ4v) is 4.05. The van der Waals surface area contributed by atoms with Crippen LogP contribution in [0.15, 0.2) is 65.6 Å². The van der Waals surface area contributed by atoms with Gasteiger partial charge in [0.1, 0.15) is 0 Å². The Hall–Kier alpha value is -2.99. The van der Waals surface area contributed by atoms with E-state index in [1.807, 2.05) is 44.2 Å². The number of hydrogen-bond donors (Lipinski definition) is 1. The van der Waals surface area contributed by atoms with Crippen molar-refractivity contribution in [2.45, 2.75) is 18.7 Å². The zero-order valence-corrected chi connectivity index (χ0v) is 15.8. The highest BCUT2D eigenvalue weighted by molar-refractivity contribution is 7.92. The van der Waals surface area contributed by atoms with Crippen LogP contribution >= 0.6 is 0 Å². The SMILES string of the molecule is Cc1ccc(S(=O)(=O)Nc2ccc(C)cc2-c2ccc3c(c2)OCO3)cc1. The van der Waals surface area contributed by atoms with Gasteiger partial charge in [0.25, 0.3) is 10.0 Å². The number of rotatable bonds is 4. The lowest BCUT2D eigenvalue weighted by atomic mass is 10.0. The van der Waals surface area contributed by atoms with E-state index in [-0.39, 0.29) is 11.7 Å². The number of fused-ring (bicyclic) bond motifs is 1. The predicted molar refractivity (Wildman–Crippen MR) is 105 cm³/mol. The Morgan fingerprint density at radius 2 is 1.52 bits per heavy atom. The van der Waals surface area contributed by atoms with Crippen LogP contribution in [-0.4, -0.2) is 15.2 Å². The smallest absolute Gasteiger partial charge is 0.261 e. The lowest BCUT2D eigenvalue weighted by Gasteiger charge is -2.14. The van der Waals surface area contributed by atoms with Crippen LogP contribution in [0.25, 0.3) is 11.1 Å². The number of ether oxygens (including phenoxy) is 2. The quantitative estimate of drug-likeness (QED) is 0.723. The minimum Gasteiger partial charge on any atom is -0.454 e. The summed E-state index contributed by atoms with van der Waals surface area (Å²) in [5, 5.41) is 0. The molecule has 0 spiro atoms. The standard InChI is InChI=1S/C21H19NO4S/c1-14-3-7-17(8-4-14)27(23,24)22-19-9-5-15(2)11-18(19)16-6-10-20-21(12-16)26-13-25-20/h3-12,22H,13H2,1-2H3. The average Bonchev–Trinajstić information content (AvgIpc) is 3.11. The molecular weight excluding hydrogens is 362 g/mol. The van der Waals surface area contributed by atoms with Crippen molar-refractivity contribution >= 4 is 15.7 Å². The van der Waals surface area contributed by atoms with Crippen molar-refractivity contribution in [1.29, 1.82) is 0 Å². The Bertz CT molecular complexity index is 1110. The van der Waals surface area contributed by atoms with Crippen LogP contribution < -0.4 is 14.2 Å². The van der Waals surface area contributed by atoms with E-state index >= 15 is 0 Å². The third-order valence-electron chi connectivity index (χ3n) is 4.43. The van der Waals surface area contributed by atoms with Gasteiger partial charge in [-0.05, 0) is 55.8 Å². The Morgan fingerprint density at radius 3 is 2.30 bits per heavy atom. The van der Waals surface area contributed by atoms with Crippen molar-refractivity contribution in [3.05, 3.63) is 71.8 Å². The van der Waals surface area contributed by atoms with E-state index < -0.39 is 10.0 Å². The van der Waals surface area contributed by atoms with E-state index in [1.54, 1.807) is 30.3 Å². The van der Waals surface area contributed by atoms with E-state index in [4.69, 9.17) is 9.47 Å². The van der Waals surface area contributed by atoms with Gasteiger partial charge < -0.3 is 9.47 Å². The number of anilines is 1. The summed E-state index contributed by atoms with van der Waals surface area (Å²) in [7, 11) is -3.69. The van der Waals surface area contributed by atoms with E-state index in [1.165, 1.54) is 0 Å². The summed E-state index contributed by atoms with van der Waals surface area (Å²) in [5.41, 5.74) is 4.18. The second kappa shape index (κ2) is 6.63. The molecule has 3 aromatic rings. The van der Waals surface area contributed by atoms with E-state index in [2.05, 4.69) is 4.72 Å². The van der Waals surface area contributed by atoms with Gasteiger partial charge in [0.2, 0.25) is 6.79 Å². The van der Waals surface area contributed by atoms with Crippen LogP contribution in [0, 0.1) is 13.8 Å².